The maximum Gasteiger partial charge on any atom is 0.109 e. The van der Waals surface area contributed by atoms with E-state index in [2.05, 4.69) is 46.8 Å². The van der Waals surface area contributed by atoms with E-state index in [1.165, 1.54) is 11.1 Å². The second kappa shape index (κ2) is 5.06. The third kappa shape index (κ3) is 2.36. The number of halogens is 1. The smallest absolute Gasteiger partial charge is 0.109 e. The molecule has 0 saturated carbocycles. The molecule has 3 heteroatoms. The van der Waals surface area contributed by atoms with Crippen molar-refractivity contribution in [2.75, 3.05) is 0 Å². The Morgan fingerprint density at radius 2 is 1.79 bits per heavy atom. The molecule has 1 aromatic heterocycles. The zero-order valence-corrected chi connectivity index (χ0v) is 11.6. The van der Waals surface area contributed by atoms with Gasteiger partial charge < -0.3 is 4.57 Å². The Labute approximate surface area is 117 Å². The Bertz CT molecular complexity index is 698. The average Bonchev–Trinajstić information content (AvgIpc) is 2.79. The van der Waals surface area contributed by atoms with Crippen LogP contribution in [-0.2, 0) is 13.0 Å². The van der Waals surface area contributed by atoms with Gasteiger partial charge in [0, 0.05) is 18.0 Å². The fraction of sp³-hybridized carbons (Fsp3) is 0.188. The van der Waals surface area contributed by atoms with Crippen molar-refractivity contribution in [2.45, 2.75) is 19.9 Å². The zero-order chi connectivity index (χ0) is 13.2. The van der Waals surface area contributed by atoms with E-state index >= 15 is 0 Å². The van der Waals surface area contributed by atoms with Crippen LogP contribution in [-0.4, -0.2) is 9.55 Å². The first kappa shape index (κ1) is 12.2. The van der Waals surface area contributed by atoms with E-state index in [0.29, 0.717) is 0 Å². The summed E-state index contributed by atoms with van der Waals surface area (Å²) in [6.07, 6.45) is 0.933. The lowest BCUT2D eigenvalue weighted by molar-refractivity contribution is 0.753. The van der Waals surface area contributed by atoms with Gasteiger partial charge in [-0.25, -0.2) is 4.98 Å². The Balaban J connectivity index is 2.06. The molecule has 0 spiro atoms. The van der Waals surface area contributed by atoms with Crippen molar-refractivity contribution < 1.29 is 0 Å². The van der Waals surface area contributed by atoms with Crippen LogP contribution < -0.4 is 0 Å². The van der Waals surface area contributed by atoms with Crippen LogP contribution in [0.3, 0.4) is 0 Å². The number of hydrogen-bond donors (Lipinski definition) is 0. The van der Waals surface area contributed by atoms with Crippen LogP contribution in [0.5, 0.6) is 0 Å². The zero-order valence-electron chi connectivity index (χ0n) is 10.8. The van der Waals surface area contributed by atoms with Crippen molar-refractivity contribution >= 4 is 22.6 Å². The summed E-state index contributed by atoms with van der Waals surface area (Å²) in [5.74, 6) is 1.12. The molecule has 0 radical (unpaired) electrons. The molecule has 0 aliphatic carbocycles. The predicted molar refractivity (Wildman–Crippen MR) is 79.7 cm³/mol. The molecule has 1 heterocycles. The summed E-state index contributed by atoms with van der Waals surface area (Å²) in [5, 5.41) is 0.773. The minimum absolute atomic E-state index is 0.773. The topological polar surface area (TPSA) is 17.8 Å². The summed E-state index contributed by atoms with van der Waals surface area (Å²) in [7, 11) is 0. The molecule has 2 aromatic carbocycles. The van der Waals surface area contributed by atoms with Crippen molar-refractivity contribution in [3.8, 4) is 0 Å². The minimum Gasteiger partial charge on any atom is -0.323 e. The summed E-state index contributed by atoms with van der Waals surface area (Å²) < 4.78 is 2.28. The third-order valence-corrected chi connectivity index (χ3v) is 3.56. The molecule has 3 aromatic rings. The van der Waals surface area contributed by atoms with E-state index in [1.807, 2.05) is 18.2 Å². The van der Waals surface area contributed by atoms with Crippen LogP contribution in [0, 0.1) is 0 Å². The van der Waals surface area contributed by atoms with Gasteiger partial charge in [0.05, 0.1) is 11.0 Å². The van der Waals surface area contributed by atoms with E-state index in [0.717, 1.165) is 29.3 Å². The van der Waals surface area contributed by atoms with E-state index in [1.54, 1.807) is 0 Å². The fourth-order valence-corrected chi connectivity index (χ4v) is 2.47. The summed E-state index contributed by atoms with van der Waals surface area (Å²) in [6, 6.07) is 16.3. The normalized spacial score (nSPS) is 11.1. The maximum atomic E-state index is 5.93. The highest BCUT2D eigenvalue weighted by Gasteiger charge is 2.08. The second-order valence-electron chi connectivity index (χ2n) is 4.58. The van der Waals surface area contributed by atoms with Crippen LogP contribution in [0.4, 0.5) is 0 Å². The van der Waals surface area contributed by atoms with Gasteiger partial charge in [0.15, 0.2) is 0 Å². The Morgan fingerprint density at radius 3 is 2.53 bits per heavy atom. The minimum atomic E-state index is 0.773. The summed E-state index contributed by atoms with van der Waals surface area (Å²) in [4.78, 5) is 4.68. The van der Waals surface area contributed by atoms with E-state index in [9.17, 15) is 0 Å². The molecular weight excluding hydrogens is 256 g/mol. The molecule has 0 bridgehead atoms. The SMILES string of the molecule is CCc1nc2ccccc2n1Cc1ccc(Cl)cc1. The van der Waals surface area contributed by atoms with Gasteiger partial charge in [-0.05, 0) is 29.8 Å². The van der Waals surface area contributed by atoms with Crippen molar-refractivity contribution in [3.05, 3.63) is 64.9 Å². The molecule has 0 atom stereocenters. The van der Waals surface area contributed by atoms with Crippen LogP contribution in [0.2, 0.25) is 5.02 Å². The molecule has 3 rings (SSSR count). The number of nitrogens with zero attached hydrogens (tertiary/aromatic N) is 2. The van der Waals surface area contributed by atoms with Gasteiger partial charge in [-0.1, -0.05) is 42.8 Å². The first-order valence-corrected chi connectivity index (χ1v) is 6.84. The molecular formula is C16H15ClN2. The van der Waals surface area contributed by atoms with Gasteiger partial charge in [0.25, 0.3) is 0 Å². The van der Waals surface area contributed by atoms with E-state index in [4.69, 9.17) is 11.6 Å². The first-order valence-electron chi connectivity index (χ1n) is 6.46. The van der Waals surface area contributed by atoms with Crippen LogP contribution >= 0.6 is 11.6 Å². The molecule has 96 valence electrons. The lowest BCUT2D eigenvalue weighted by atomic mass is 10.2. The summed E-state index contributed by atoms with van der Waals surface area (Å²) in [6.45, 7) is 2.97. The highest BCUT2D eigenvalue weighted by atomic mass is 35.5. The fourth-order valence-electron chi connectivity index (χ4n) is 2.34. The van der Waals surface area contributed by atoms with Crippen LogP contribution in [0.15, 0.2) is 48.5 Å². The Morgan fingerprint density at radius 1 is 1.05 bits per heavy atom. The molecule has 19 heavy (non-hydrogen) atoms. The first-order chi connectivity index (χ1) is 9.28. The monoisotopic (exact) mass is 270 g/mol. The summed E-state index contributed by atoms with van der Waals surface area (Å²) in [5.41, 5.74) is 3.49. The maximum absolute atomic E-state index is 5.93. The quantitative estimate of drug-likeness (QED) is 0.694. The standard InChI is InChI=1S/C16H15ClN2/c1-2-16-18-14-5-3-4-6-15(14)19(16)11-12-7-9-13(17)10-8-12/h3-10H,2,11H2,1H3. The van der Waals surface area contributed by atoms with Crippen molar-refractivity contribution in [3.63, 3.8) is 0 Å². The molecule has 0 aliphatic heterocycles. The van der Waals surface area contributed by atoms with Gasteiger partial charge in [-0.15, -0.1) is 0 Å². The number of rotatable bonds is 3. The number of fused-ring (bicyclic) bond motifs is 1. The number of hydrogen-bond acceptors (Lipinski definition) is 1. The lowest BCUT2D eigenvalue weighted by Gasteiger charge is -2.08. The molecule has 0 aliphatic rings. The van der Waals surface area contributed by atoms with Gasteiger partial charge in [0.1, 0.15) is 5.82 Å². The highest BCUT2D eigenvalue weighted by Crippen LogP contribution is 2.19. The van der Waals surface area contributed by atoms with Crippen LogP contribution in [0.1, 0.15) is 18.3 Å². The summed E-state index contributed by atoms with van der Waals surface area (Å²) >= 11 is 5.93. The number of aromatic nitrogens is 2. The molecule has 0 amide bonds. The average molecular weight is 271 g/mol. The van der Waals surface area contributed by atoms with Crippen molar-refractivity contribution in [1.82, 2.24) is 9.55 Å². The molecule has 0 saturated heterocycles. The van der Waals surface area contributed by atoms with Gasteiger partial charge in [0.2, 0.25) is 0 Å². The molecule has 0 N–H and O–H groups in total. The number of aryl methyl sites for hydroxylation is 1. The van der Waals surface area contributed by atoms with Gasteiger partial charge >= 0.3 is 0 Å². The molecule has 0 unspecified atom stereocenters. The number of benzene rings is 2. The Kier molecular flexibility index (Phi) is 3.26. The third-order valence-electron chi connectivity index (χ3n) is 3.30. The lowest BCUT2D eigenvalue weighted by Crippen LogP contribution is -2.04. The van der Waals surface area contributed by atoms with Crippen LogP contribution in [0.25, 0.3) is 11.0 Å². The van der Waals surface area contributed by atoms with Crippen molar-refractivity contribution in [1.29, 1.82) is 0 Å². The van der Waals surface area contributed by atoms with E-state index < -0.39 is 0 Å². The highest BCUT2D eigenvalue weighted by molar-refractivity contribution is 6.30. The molecule has 0 fully saturated rings. The van der Waals surface area contributed by atoms with E-state index in [-0.39, 0.29) is 0 Å². The predicted octanol–water partition coefficient (Wildman–Crippen LogP) is 4.30. The van der Waals surface area contributed by atoms with Crippen molar-refractivity contribution in [2.24, 2.45) is 0 Å². The number of para-hydroxylation sites is 2. The largest absolute Gasteiger partial charge is 0.323 e. The Hall–Kier alpha value is -1.80. The second-order valence-corrected chi connectivity index (χ2v) is 5.02. The van der Waals surface area contributed by atoms with Gasteiger partial charge in [-0.2, -0.15) is 0 Å². The number of imidazole rings is 1. The molecule has 2 nitrogen and oxygen atoms in total. The van der Waals surface area contributed by atoms with Gasteiger partial charge in [-0.3, -0.25) is 0 Å².